The van der Waals surface area contributed by atoms with Crippen molar-refractivity contribution in [2.75, 3.05) is 37.6 Å². The van der Waals surface area contributed by atoms with Gasteiger partial charge in [-0.1, -0.05) is 29.3 Å². The van der Waals surface area contributed by atoms with Gasteiger partial charge in [-0.2, -0.15) is 0 Å². The van der Waals surface area contributed by atoms with E-state index in [4.69, 9.17) is 32.9 Å². The van der Waals surface area contributed by atoms with Crippen molar-refractivity contribution in [3.63, 3.8) is 0 Å². The average molecular weight is 530 g/mol. The minimum absolute atomic E-state index is 0.0305. The molecule has 2 aromatic carbocycles. The number of ether oxygens (including phenoxy) is 1. The first kappa shape index (κ1) is 25.7. The number of likely N-dealkylation sites (tertiary alicyclic amines) is 1. The van der Waals surface area contributed by atoms with E-state index in [9.17, 15) is 5.11 Å². The summed E-state index contributed by atoms with van der Waals surface area (Å²) in [5.41, 5.74) is 2.21. The Labute approximate surface area is 225 Å². The van der Waals surface area contributed by atoms with Crippen molar-refractivity contribution in [2.24, 2.45) is 10.9 Å². The van der Waals surface area contributed by atoms with Crippen LogP contribution in [-0.4, -0.2) is 55.7 Å². The lowest BCUT2D eigenvalue weighted by atomic mass is 10.0. The number of halogens is 2. The highest BCUT2D eigenvalue weighted by molar-refractivity contribution is 6.32. The molecule has 0 aromatic heterocycles. The fourth-order valence-corrected chi connectivity index (χ4v) is 6.15. The largest absolute Gasteiger partial charge is 0.862 e. The highest BCUT2D eigenvalue weighted by Crippen LogP contribution is 2.31. The Balaban J connectivity index is 1.26. The van der Waals surface area contributed by atoms with Crippen LogP contribution in [0.3, 0.4) is 0 Å². The van der Waals surface area contributed by atoms with E-state index in [2.05, 4.69) is 15.9 Å². The van der Waals surface area contributed by atoms with Gasteiger partial charge < -0.3 is 24.6 Å². The normalized spacial score (nSPS) is 22.4. The molecule has 2 atom stereocenters. The monoisotopic (exact) mass is 528 g/mol. The van der Waals surface area contributed by atoms with Gasteiger partial charge in [0.25, 0.3) is 0 Å². The number of anilines is 1. The molecule has 1 unspecified atom stereocenters. The van der Waals surface area contributed by atoms with Gasteiger partial charge in [-0.25, -0.2) is 0 Å². The van der Waals surface area contributed by atoms with E-state index in [0.29, 0.717) is 18.0 Å². The molecule has 0 amide bonds. The maximum absolute atomic E-state index is 13.3. The lowest BCUT2D eigenvalue weighted by Gasteiger charge is -2.26. The molecule has 0 bridgehead atoms. The molecule has 1 aliphatic carbocycles. The number of hydrogen-bond acceptors (Lipinski definition) is 5. The second kappa shape index (κ2) is 12.1. The minimum Gasteiger partial charge on any atom is -0.862 e. The molecular formula is C29H36Cl2N3O2-. The number of hydrogen-bond donors (Lipinski definition) is 0. The molecule has 1 saturated carbocycles. The Kier molecular flexibility index (Phi) is 8.61. The first-order valence-electron chi connectivity index (χ1n) is 13.5. The third kappa shape index (κ3) is 6.67. The Bertz CT molecular complexity index is 1030. The first-order valence-corrected chi connectivity index (χ1v) is 14.2. The summed E-state index contributed by atoms with van der Waals surface area (Å²) < 4.78 is 6.13. The van der Waals surface area contributed by atoms with Gasteiger partial charge in [0.05, 0.1) is 17.2 Å². The van der Waals surface area contributed by atoms with Crippen molar-refractivity contribution < 1.29 is 9.84 Å². The van der Waals surface area contributed by atoms with Gasteiger partial charge in [-0.05, 0) is 112 Å². The van der Waals surface area contributed by atoms with Crippen LogP contribution in [0.5, 0.6) is 5.75 Å². The van der Waals surface area contributed by atoms with Crippen molar-refractivity contribution in [3.05, 3.63) is 58.1 Å². The van der Waals surface area contributed by atoms with E-state index in [1.54, 1.807) is 0 Å². The molecule has 3 aliphatic rings. The molecule has 194 valence electrons. The summed E-state index contributed by atoms with van der Waals surface area (Å²) in [7, 11) is 0. The standard InChI is InChI=1S/C29H37Cl2N3O2/c30-23-8-10-25(11-9-23)34-16-13-22(19-34)29(35)32-24(20-33-14-3-4-15-33)17-21-7-12-28(27(31)18-21)36-26-5-1-2-6-26/h7-12,18,22,24,26H,1-6,13-17,19-20H2,(H,32,35)/p-1/t22-,24?/m1/s1. The van der Waals surface area contributed by atoms with Gasteiger partial charge in [-0.15, -0.1) is 0 Å². The van der Waals surface area contributed by atoms with Crippen LogP contribution in [0.4, 0.5) is 5.69 Å². The van der Waals surface area contributed by atoms with Crippen molar-refractivity contribution in [2.45, 2.75) is 63.5 Å². The second-order valence-electron chi connectivity index (χ2n) is 10.5. The molecule has 36 heavy (non-hydrogen) atoms. The van der Waals surface area contributed by atoms with E-state index in [1.807, 2.05) is 36.4 Å². The van der Waals surface area contributed by atoms with Gasteiger partial charge in [-0.3, -0.25) is 0 Å². The van der Waals surface area contributed by atoms with E-state index in [0.717, 1.165) is 67.5 Å². The third-order valence-corrected chi connectivity index (χ3v) is 8.32. The predicted octanol–water partition coefficient (Wildman–Crippen LogP) is 5.61. The zero-order chi connectivity index (χ0) is 24.9. The van der Waals surface area contributed by atoms with Crippen LogP contribution in [-0.2, 0) is 6.42 Å². The third-order valence-electron chi connectivity index (χ3n) is 7.77. The maximum atomic E-state index is 13.3. The summed E-state index contributed by atoms with van der Waals surface area (Å²) in [5, 5.41) is 14.7. The molecule has 5 rings (SSSR count). The van der Waals surface area contributed by atoms with Gasteiger partial charge in [0.2, 0.25) is 0 Å². The summed E-state index contributed by atoms with van der Waals surface area (Å²) in [6.45, 7) is 4.56. The number of nitrogens with zero attached hydrogens (tertiary/aromatic N) is 3. The Morgan fingerprint density at radius 1 is 0.972 bits per heavy atom. The average Bonchev–Trinajstić information content (AvgIpc) is 3.65. The molecule has 0 spiro atoms. The van der Waals surface area contributed by atoms with Gasteiger partial charge >= 0.3 is 0 Å². The van der Waals surface area contributed by atoms with E-state index < -0.39 is 0 Å². The van der Waals surface area contributed by atoms with Crippen LogP contribution in [0.2, 0.25) is 10.0 Å². The van der Waals surface area contributed by atoms with E-state index in [-0.39, 0.29) is 24.0 Å². The summed E-state index contributed by atoms with van der Waals surface area (Å²) in [4.78, 5) is 9.49. The molecule has 2 saturated heterocycles. The molecule has 2 aromatic rings. The topological polar surface area (TPSA) is 51.1 Å². The van der Waals surface area contributed by atoms with Gasteiger partial charge in [0, 0.05) is 36.3 Å². The Morgan fingerprint density at radius 2 is 1.72 bits per heavy atom. The predicted molar refractivity (Wildman–Crippen MR) is 147 cm³/mol. The quantitative estimate of drug-likeness (QED) is 0.313. The van der Waals surface area contributed by atoms with Crippen LogP contribution in [0.25, 0.3) is 0 Å². The molecule has 3 fully saturated rings. The Hall–Kier alpha value is -1.95. The molecule has 7 heteroatoms. The van der Waals surface area contributed by atoms with Crippen LogP contribution in [0.1, 0.15) is 50.5 Å². The first-order chi connectivity index (χ1) is 17.5. The lowest BCUT2D eigenvalue weighted by Crippen LogP contribution is -2.36. The fraction of sp³-hybridized carbons (Fsp3) is 0.552. The smallest absolute Gasteiger partial charge is 0.138 e. The number of rotatable bonds is 9. The zero-order valence-corrected chi connectivity index (χ0v) is 22.4. The van der Waals surface area contributed by atoms with Crippen LogP contribution in [0.15, 0.2) is 47.5 Å². The maximum Gasteiger partial charge on any atom is 0.138 e. The van der Waals surface area contributed by atoms with Crippen molar-refractivity contribution >= 4 is 34.8 Å². The Morgan fingerprint density at radius 3 is 2.44 bits per heavy atom. The van der Waals surface area contributed by atoms with Gasteiger partial charge in [0.15, 0.2) is 0 Å². The summed E-state index contributed by atoms with van der Waals surface area (Å²) in [6.07, 6.45) is 8.93. The van der Waals surface area contributed by atoms with Crippen molar-refractivity contribution in [1.82, 2.24) is 4.90 Å². The summed E-state index contributed by atoms with van der Waals surface area (Å²) in [5.74, 6) is 0.736. The number of aliphatic imine (C=N–C) groups is 1. The SMILES string of the molecule is [O-]C(=NC(Cc1ccc(OC2CCCC2)c(Cl)c1)CN1CCCC1)[C@@H]1CCN(c2ccc(Cl)cc2)C1. The molecule has 2 aliphatic heterocycles. The molecular weight excluding hydrogens is 493 g/mol. The lowest BCUT2D eigenvalue weighted by molar-refractivity contribution is -0.223. The van der Waals surface area contributed by atoms with Gasteiger partial charge in [0.1, 0.15) is 5.75 Å². The highest BCUT2D eigenvalue weighted by atomic mass is 35.5. The van der Waals surface area contributed by atoms with E-state index >= 15 is 0 Å². The molecule has 5 nitrogen and oxygen atoms in total. The molecule has 0 N–H and O–H groups in total. The van der Waals surface area contributed by atoms with E-state index in [1.165, 1.54) is 25.7 Å². The van der Waals surface area contributed by atoms with Crippen LogP contribution < -0.4 is 14.7 Å². The van der Waals surface area contributed by atoms with Crippen LogP contribution in [0, 0.1) is 5.92 Å². The molecule has 0 radical (unpaired) electrons. The van der Waals surface area contributed by atoms with Crippen molar-refractivity contribution in [3.8, 4) is 5.75 Å². The number of benzene rings is 2. The van der Waals surface area contributed by atoms with Crippen molar-refractivity contribution in [1.29, 1.82) is 0 Å². The second-order valence-corrected chi connectivity index (χ2v) is 11.4. The molecule has 2 heterocycles. The minimum atomic E-state index is -0.0714. The summed E-state index contributed by atoms with van der Waals surface area (Å²) in [6, 6.07) is 13.9. The zero-order valence-electron chi connectivity index (χ0n) is 20.9. The summed E-state index contributed by atoms with van der Waals surface area (Å²) >= 11 is 12.6. The highest BCUT2D eigenvalue weighted by Gasteiger charge is 2.25. The van der Waals surface area contributed by atoms with Crippen LogP contribution >= 0.6 is 23.2 Å². The fourth-order valence-electron chi connectivity index (χ4n) is 5.77.